The van der Waals surface area contributed by atoms with Gasteiger partial charge < -0.3 is 14.5 Å². The van der Waals surface area contributed by atoms with E-state index in [1.54, 1.807) is 6.07 Å². The van der Waals surface area contributed by atoms with Gasteiger partial charge in [0.2, 0.25) is 0 Å². The predicted molar refractivity (Wildman–Crippen MR) is 98.3 cm³/mol. The first-order valence-electron chi connectivity index (χ1n) is 8.65. The van der Waals surface area contributed by atoms with Gasteiger partial charge in [-0.3, -0.25) is 4.79 Å². The van der Waals surface area contributed by atoms with Crippen molar-refractivity contribution in [3.63, 3.8) is 0 Å². The number of hydrogen-bond acceptors (Lipinski definition) is 3. The molecule has 0 spiro atoms. The maximum Gasteiger partial charge on any atom is 0.418 e. The number of carbonyl (C=O) groups excluding carboxylic acids is 1. The molecule has 0 aliphatic rings. The minimum atomic E-state index is -4.57. The molecule has 28 heavy (non-hydrogen) atoms. The van der Waals surface area contributed by atoms with Crippen LogP contribution in [0.5, 0.6) is 5.75 Å². The van der Waals surface area contributed by atoms with Gasteiger partial charge in [-0.1, -0.05) is 31.2 Å². The normalized spacial score (nSPS) is 11.3. The molecule has 0 unspecified atom stereocenters. The highest BCUT2D eigenvalue weighted by Gasteiger charge is 2.33. The van der Waals surface area contributed by atoms with Crippen molar-refractivity contribution in [2.24, 2.45) is 0 Å². The van der Waals surface area contributed by atoms with Crippen LogP contribution in [0, 0.1) is 0 Å². The first-order valence-corrected chi connectivity index (χ1v) is 8.65. The SMILES string of the molecule is CCc1ccc(OCc2ccc(C(=O)Nc3ccccc3C(F)(F)F)o2)cc1. The summed E-state index contributed by atoms with van der Waals surface area (Å²) in [5.74, 6) is 0.166. The quantitative estimate of drug-likeness (QED) is 0.589. The molecule has 2 aromatic carbocycles. The molecule has 0 aliphatic heterocycles. The average molecular weight is 389 g/mol. The third-order valence-corrected chi connectivity index (χ3v) is 4.08. The predicted octanol–water partition coefficient (Wildman–Crippen LogP) is 5.69. The summed E-state index contributed by atoms with van der Waals surface area (Å²) in [6.45, 7) is 2.15. The number of carbonyl (C=O) groups is 1. The van der Waals surface area contributed by atoms with Crippen molar-refractivity contribution in [3.05, 3.63) is 83.3 Å². The molecule has 0 saturated carbocycles. The number of halogens is 3. The molecule has 1 aromatic heterocycles. The molecule has 0 saturated heterocycles. The van der Waals surface area contributed by atoms with Crippen molar-refractivity contribution in [2.45, 2.75) is 26.1 Å². The number of alkyl halides is 3. The first kappa shape index (κ1) is 19.5. The fourth-order valence-electron chi connectivity index (χ4n) is 2.58. The van der Waals surface area contributed by atoms with E-state index in [-0.39, 0.29) is 18.1 Å². The summed E-state index contributed by atoms with van der Waals surface area (Å²) in [5.41, 5.74) is -0.0670. The smallest absolute Gasteiger partial charge is 0.418 e. The topological polar surface area (TPSA) is 51.5 Å². The van der Waals surface area contributed by atoms with E-state index in [0.29, 0.717) is 11.5 Å². The highest BCUT2D eigenvalue weighted by atomic mass is 19.4. The van der Waals surface area contributed by atoms with Gasteiger partial charge in [-0.05, 0) is 48.4 Å². The summed E-state index contributed by atoms with van der Waals surface area (Å²) in [6.07, 6.45) is -3.65. The number of nitrogens with one attached hydrogen (secondary N) is 1. The lowest BCUT2D eigenvalue weighted by atomic mass is 10.1. The van der Waals surface area contributed by atoms with E-state index in [0.717, 1.165) is 12.5 Å². The van der Waals surface area contributed by atoms with Crippen LogP contribution in [0.1, 0.15) is 34.4 Å². The number of hydrogen-bond donors (Lipinski definition) is 1. The molecule has 1 N–H and O–H groups in total. The Hall–Kier alpha value is -3.22. The largest absolute Gasteiger partial charge is 0.486 e. The molecular formula is C21H18F3NO3. The lowest BCUT2D eigenvalue weighted by molar-refractivity contribution is -0.136. The Morgan fingerprint density at radius 1 is 1.04 bits per heavy atom. The average Bonchev–Trinajstić information content (AvgIpc) is 3.15. The third-order valence-electron chi connectivity index (χ3n) is 4.08. The van der Waals surface area contributed by atoms with Crippen molar-refractivity contribution in [1.82, 2.24) is 0 Å². The van der Waals surface area contributed by atoms with Gasteiger partial charge in [0.05, 0.1) is 11.3 Å². The van der Waals surface area contributed by atoms with Crippen molar-refractivity contribution in [2.75, 3.05) is 5.32 Å². The summed E-state index contributed by atoms with van der Waals surface area (Å²) < 4.78 is 50.1. The van der Waals surface area contributed by atoms with Crippen LogP contribution in [0.4, 0.5) is 18.9 Å². The Kier molecular flexibility index (Phi) is 5.73. The molecule has 7 heteroatoms. The minimum Gasteiger partial charge on any atom is -0.486 e. The zero-order valence-electron chi connectivity index (χ0n) is 15.0. The van der Waals surface area contributed by atoms with E-state index in [1.165, 1.54) is 29.8 Å². The van der Waals surface area contributed by atoms with E-state index in [9.17, 15) is 18.0 Å². The number of furan rings is 1. The Morgan fingerprint density at radius 2 is 1.75 bits per heavy atom. The molecule has 0 radical (unpaired) electrons. The van der Waals surface area contributed by atoms with E-state index < -0.39 is 17.6 Å². The minimum absolute atomic E-state index is 0.0951. The highest BCUT2D eigenvalue weighted by molar-refractivity contribution is 6.02. The zero-order chi connectivity index (χ0) is 20.1. The van der Waals surface area contributed by atoms with Crippen LogP contribution >= 0.6 is 0 Å². The van der Waals surface area contributed by atoms with E-state index in [4.69, 9.17) is 9.15 Å². The van der Waals surface area contributed by atoms with Crippen LogP contribution in [0.25, 0.3) is 0 Å². The van der Waals surface area contributed by atoms with Gasteiger partial charge >= 0.3 is 6.18 Å². The molecule has 3 aromatic rings. The fourth-order valence-corrected chi connectivity index (χ4v) is 2.58. The van der Waals surface area contributed by atoms with E-state index in [1.807, 2.05) is 24.3 Å². The van der Waals surface area contributed by atoms with Crippen LogP contribution < -0.4 is 10.1 Å². The monoisotopic (exact) mass is 389 g/mol. The number of benzene rings is 2. The zero-order valence-corrected chi connectivity index (χ0v) is 15.0. The summed E-state index contributed by atoms with van der Waals surface area (Å²) >= 11 is 0. The van der Waals surface area contributed by atoms with Crippen LogP contribution in [-0.2, 0) is 19.2 Å². The fraction of sp³-hybridized carbons (Fsp3) is 0.190. The lowest BCUT2D eigenvalue weighted by Crippen LogP contribution is -2.16. The van der Waals surface area contributed by atoms with Crippen LogP contribution in [0.15, 0.2) is 65.1 Å². The number of amides is 1. The van der Waals surface area contributed by atoms with Crippen molar-refractivity contribution in [3.8, 4) is 5.75 Å². The molecule has 0 bridgehead atoms. The molecule has 0 fully saturated rings. The Morgan fingerprint density at radius 3 is 2.43 bits per heavy atom. The van der Waals surface area contributed by atoms with E-state index in [2.05, 4.69) is 12.2 Å². The number of aryl methyl sites for hydroxylation is 1. The first-order chi connectivity index (χ1) is 13.4. The number of para-hydroxylation sites is 1. The maximum atomic E-state index is 13.0. The molecule has 1 amide bonds. The second-order valence-electron chi connectivity index (χ2n) is 6.05. The molecule has 4 nitrogen and oxygen atoms in total. The van der Waals surface area contributed by atoms with Crippen molar-refractivity contribution in [1.29, 1.82) is 0 Å². The molecule has 3 rings (SSSR count). The van der Waals surface area contributed by atoms with Crippen LogP contribution in [0.3, 0.4) is 0 Å². The second kappa shape index (κ2) is 8.21. The number of ether oxygens (including phenoxy) is 1. The number of rotatable bonds is 6. The molecule has 1 heterocycles. The summed E-state index contributed by atoms with van der Waals surface area (Å²) in [5, 5.41) is 2.24. The van der Waals surface area contributed by atoms with E-state index >= 15 is 0 Å². The van der Waals surface area contributed by atoms with Crippen LogP contribution in [-0.4, -0.2) is 5.91 Å². The van der Waals surface area contributed by atoms with Crippen LogP contribution in [0.2, 0.25) is 0 Å². The van der Waals surface area contributed by atoms with Gasteiger partial charge in [-0.25, -0.2) is 0 Å². The Labute approximate surface area is 159 Å². The van der Waals surface area contributed by atoms with Gasteiger partial charge in [0, 0.05) is 0 Å². The van der Waals surface area contributed by atoms with Gasteiger partial charge in [0.25, 0.3) is 5.91 Å². The van der Waals surface area contributed by atoms with Gasteiger partial charge in [0.15, 0.2) is 5.76 Å². The summed E-state index contributed by atoms with van der Waals surface area (Å²) in [4.78, 5) is 12.2. The van der Waals surface area contributed by atoms with Crippen molar-refractivity contribution >= 4 is 11.6 Å². The molecular weight excluding hydrogens is 371 g/mol. The van der Waals surface area contributed by atoms with Gasteiger partial charge in [0.1, 0.15) is 18.1 Å². The Bertz CT molecular complexity index is 946. The lowest BCUT2D eigenvalue weighted by Gasteiger charge is -2.12. The summed E-state index contributed by atoms with van der Waals surface area (Å²) in [7, 11) is 0. The van der Waals surface area contributed by atoms with Gasteiger partial charge in [-0.15, -0.1) is 0 Å². The molecule has 0 aliphatic carbocycles. The Balaban J connectivity index is 1.64. The second-order valence-corrected chi connectivity index (χ2v) is 6.05. The molecule has 146 valence electrons. The standard InChI is InChI=1S/C21H18F3NO3/c1-2-14-7-9-15(10-8-14)27-13-16-11-12-19(28-16)20(26)25-18-6-4-3-5-17(18)21(22,23)24/h3-12H,2,13H2,1H3,(H,25,26). The number of anilines is 1. The third kappa shape index (κ3) is 4.73. The highest BCUT2D eigenvalue weighted by Crippen LogP contribution is 2.34. The summed E-state index contributed by atoms with van der Waals surface area (Å²) in [6, 6.07) is 15.3. The van der Waals surface area contributed by atoms with Crippen molar-refractivity contribution < 1.29 is 27.1 Å². The van der Waals surface area contributed by atoms with Gasteiger partial charge in [-0.2, -0.15) is 13.2 Å². The molecule has 0 atom stereocenters. The maximum absolute atomic E-state index is 13.0.